The summed E-state index contributed by atoms with van der Waals surface area (Å²) < 4.78 is 0. The maximum absolute atomic E-state index is 4.08. The molecule has 1 aliphatic heterocycles. The number of aromatic nitrogens is 3. The average molecular weight is 271 g/mol. The third-order valence-electron chi connectivity index (χ3n) is 4.03. The van der Waals surface area contributed by atoms with Gasteiger partial charge in [-0.15, -0.1) is 0 Å². The lowest BCUT2D eigenvalue weighted by Crippen LogP contribution is -2.43. The van der Waals surface area contributed by atoms with Crippen LogP contribution in [0.4, 0.5) is 5.69 Å². The van der Waals surface area contributed by atoms with Crippen LogP contribution in [0.25, 0.3) is 0 Å². The second-order valence-electron chi connectivity index (χ2n) is 5.39. The molecule has 0 aromatic carbocycles. The number of piperidine rings is 1. The molecule has 0 spiro atoms. The Morgan fingerprint density at radius 1 is 1.30 bits per heavy atom. The number of pyridine rings is 1. The van der Waals surface area contributed by atoms with E-state index in [-0.39, 0.29) is 0 Å². The van der Waals surface area contributed by atoms with E-state index < -0.39 is 0 Å². The van der Waals surface area contributed by atoms with E-state index in [1.54, 1.807) is 0 Å². The van der Waals surface area contributed by atoms with Crippen molar-refractivity contribution in [1.29, 1.82) is 0 Å². The molecule has 1 atom stereocenters. The Morgan fingerprint density at radius 3 is 2.70 bits per heavy atom. The summed E-state index contributed by atoms with van der Waals surface area (Å²) in [6, 6.07) is 5.10. The lowest BCUT2D eigenvalue weighted by molar-refractivity contribution is 0.381. The molecular weight excluding hydrogens is 250 g/mol. The Balaban J connectivity index is 1.51. The first-order valence-corrected chi connectivity index (χ1v) is 7.22. The van der Waals surface area contributed by atoms with Crippen LogP contribution in [0.5, 0.6) is 0 Å². The molecule has 1 aliphatic rings. The fourth-order valence-corrected chi connectivity index (χ4v) is 2.81. The number of rotatable bonds is 4. The topological polar surface area (TPSA) is 56.8 Å². The van der Waals surface area contributed by atoms with Gasteiger partial charge in [0.2, 0.25) is 0 Å². The summed E-state index contributed by atoms with van der Waals surface area (Å²) in [6.45, 7) is 4.39. The molecule has 20 heavy (non-hydrogen) atoms. The van der Waals surface area contributed by atoms with E-state index >= 15 is 0 Å². The van der Waals surface area contributed by atoms with Gasteiger partial charge in [-0.25, -0.2) is 0 Å². The van der Waals surface area contributed by atoms with Crippen LogP contribution < -0.4 is 10.2 Å². The van der Waals surface area contributed by atoms with Crippen molar-refractivity contribution < 1.29 is 0 Å². The minimum absolute atomic E-state index is 0.353. The van der Waals surface area contributed by atoms with Gasteiger partial charge in [-0.05, 0) is 31.9 Å². The van der Waals surface area contributed by atoms with Gasteiger partial charge in [0.05, 0.1) is 6.20 Å². The van der Waals surface area contributed by atoms with E-state index in [0.29, 0.717) is 12.1 Å². The van der Waals surface area contributed by atoms with Gasteiger partial charge in [0, 0.05) is 55.0 Å². The van der Waals surface area contributed by atoms with Gasteiger partial charge in [0.1, 0.15) is 0 Å². The van der Waals surface area contributed by atoms with Crippen molar-refractivity contribution in [3.05, 3.63) is 42.5 Å². The highest BCUT2D eigenvalue weighted by Gasteiger charge is 2.21. The molecule has 0 amide bonds. The molecule has 1 unspecified atom stereocenters. The zero-order chi connectivity index (χ0) is 13.8. The third kappa shape index (κ3) is 2.99. The van der Waals surface area contributed by atoms with Crippen molar-refractivity contribution in [2.75, 3.05) is 18.0 Å². The Morgan fingerprint density at radius 2 is 2.05 bits per heavy atom. The second kappa shape index (κ2) is 6.05. The highest BCUT2D eigenvalue weighted by atomic mass is 15.2. The van der Waals surface area contributed by atoms with Crippen LogP contribution >= 0.6 is 0 Å². The van der Waals surface area contributed by atoms with Crippen LogP contribution in [0.1, 0.15) is 31.4 Å². The number of anilines is 1. The number of hydrogen-bond acceptors (Lipinski definition) is 4. The molecule has 2 aromatic heterocycles. The van der Waals surface area contributed by atoms with Crippen molar-refractivity contribution in [3.8, 4) is 0 Å². The maximum atomic E-state index is 4.08. The van der Waals surface area contributed by atoms with E-state index in [0.717, 1.165) is 13.1 Å². The molecular formula is C15H21N5. The fourth-order valence-electron chi connectivity index (χ4n) is 2.81. The number of aromatic amines is 1. The molecule has 2 aromatic rings. The van der Waals surface area contributed by atoms with Crippen LogP contribution in [0.2, 0.25) is 0 Å². The first-order valence-electron chi connectivity index (χ1n) is 7.22. The summed E-state index contributed by atoms with van der Waals surface area (Å²) in [6.07, 6.45) is 9.92. The largest absolute Gasteiger partial charge is 0.371 e. The number of H-pyrrole nitrogens is 1. The van der Waals surface area contributed by atoms with Crippen LogP contribution in [-0.2, 0) is 0 Å². The van der Waals surface area contributed by atoms with Crippen molar-refractivity contribution in [3.63, 3.8) is 0 Å². The summed E-state index contributed by atoms with van der Waals surface area (Å²) in [5.74, 6) is 0. The smallest absolute Gasteiger partial charge is 0.0534 e. The van der Waals surface area contributed by atoms with Gasteiger partial charge >= 0.3 is 0 Å². The predicted octanol–water partition coefficient (Wildman–Crippen LogP) is 2.12. The first kappa shape index (κ1) is 13.1. The summed E-state index contributed by atoms with van der Waals surface area (Å²) in [4.78, 5) is 6.51. The monoisotopic (exact) mass is 271 g/mol. The third-order valence-corrected chi connectivity index (χ3v) is 4.03. The average Bonchev–Trinajstić information content (AvgIpc) is 3.03. The van der Waals surface area contributed by atoms with Crippen LogP contribution in [0.3, 0.4) is 0 Å². The molecule has 0 aliphatic carbocycles. The molecule has 3 heterocycles. The van der Waals surface area contributed by atoms with Gasteiger partial charge in [0.25, 0.3) is 0 Å². The van der Waals surface area contributed by atoms with Gasteiger partial charge in [0.15, 0.2) is 0 Å². The molecule has 2 N–H and O–H groups in total. The van der Waals surface area contributed by atoms with Crippen LogP contribution in [-0.4, -0.2) is 34.3 Å². The zero-order valence-corrected chi connectivity index (χ0v) is 11.8. The van der Waals surface area contributed by atoms with Gasteiger partial charge in [-0.2, -0.15) is 5.10 Å². The molecule has 0 radical (unpaired) electrons. The number of nitrogens with one attached hydrogen (secondary N) is 2. The molecule has 1 saturated heterocycles. The minimum Gasteiger partial charge on any atom is -0.371 e. The first-order chi connectivity index (χ1) is 9.83. The zero-order valence-electron chi connectivity index (χ0n) is 11.8. The fraction of sp³-hybridized carbons (Fsp3) is 0.467. The van der Waals surface area contributed by atoms with Crippen molar-refractivity contribution in [2.45, 2.75) is 31.8 Å². The Hall–Kier alpha value is -1.88. The van der Waals surface area contributed by atoms with Crippen molar-refractivity contribution in [2.24, 2.45) is 0 Å². The molecule has 5 nitrogen and oxygen atoms in total. The highest BCUT2D eigenvalue weighted by molar-refractivity contribution is 5.44. The molecule has 5 heteroatoms. The highest BCUT2D eigenvalue weighted by Crippen LogP contribution is 2.21. The lowest BCUT2D eigenvalue weighted by atomic mass is 10.0. The van der Waals surface area contributed by atoms with Gasteiger partial charge in [-0.1, -0.05) is 0 Å². The maximum Gasteiger partial charge on any atom is 0.0534 e. The number of nitrogens with zero attached hydrogens (tertiary/aromatic N) is 3. The van der Waals surface area contributed by atoms with Crippen LogP contribution in [0.15, 0.2) is 36.9 Å². The van der Waals surface area contributed by atoms with Gasteiger partial charge in [-0.3, -0.25) is 10.1 Å². The Bertz CT molecular complexity index is 502. The van der Waals surface area contributed by atoms with E-state index in [1.165, 1.54) is 24.1 Å². The molecule has 0 saturated carbocycles. The van der Waals surface area contributed by atoms with E-state index in [9.17, 15) is 0 Å². The second-order valence-corrected chi connectivity index (χ2v) is 5.39. The standard InChI is InChI=1S/C15H21N5/c1-12(13-10-17-18-11-13)19-14-4-8-20(9-5-14)15-2-6-16-7-3-15/h2-3,6-7,10-12,14,19H,4-5,8-9H2,1H3,(H,17,18). The quantitative estimate of drug-likeness (QED) is 0.894. The summed E-state index contributed by atoms with van der Waals surface area (Å²) in [7, 11) is 0. The Kier molecular flexibility index (Phi) is 3.97. The molecule has 0 bridgehead atoms. The van der Waals surface area contributed by atoms with Gasteiger partial charge < -0.3 is 10.2 Å². The van der Waals surface area contributed by atoms with Crippen molar-refractivity contribution in [1.82, 2.24) is 20.5 Å². The molecule has 3 rings (SSSR count). The number of hydrogen-bond donors (Lipinski definition) is 2. The molecule has 1 fully saturated rings. The predicted molar refractivity (Wildman–Crippen MR) is 79.6 cm³/mol. The summed E-state index contributed by atoms with van der Waals surface area (Å²) in [5.41, 5.74) is 2.50. The summed E-state index contributed by atoms with van der Waals surface area (Å²) >= 11 is 0. The minimum atomic E-state index is 0.353. The van der Waals surface area contributed by atoms with E-state index in [4.69, 9.17) is 0 Å². The normalized spacial score (nSPS) is 18.1. The lowest BCUT2D eigenvalue weighted by Gasteiger charge is -2.35. The summed E-state index contributed by atoms with van der Waals surface area (Å²) in [5, 5.41) is 10.6. The van der Waals surface area contributed by atoms with Crippen molar-refractivity contribution >= 4 is 5.69 Å². The SMILES string of the molecule is CC(NC1CCN(c2ccncc2)CC1)c1cn[nH]c1. The molecule has 106 valence electrons. The van der Waals surface area contributed by atoms with Crippen LogP contribution in [0, 0.1) is 0 Å². The Labute approximate surface area is 119 Å². The van der Waals surface area contributed by atoms with E-state index in [2.05, 4.69) is 44.5 Å². The van der Waals surface area contributed by atoms with E-state index in [1.807, 2.05) is 24.8 Å².